The maximum absolute atomic E-state index is 13.4. The van der Waals surface area contributed by atoms with Gasteiger partial charge < -0.3 is 14.7 Å². The number of carbonyl (C=O) groups excluding carboxylic acids is 2. The molecule has 33 heavy (non-hydrogen) atoms. The van der Waals surface area contributed by atoms with Gasteiger partial charge in [0, 0.05) is 37.4 Å². The SMILES string of the molecule is O=C1NCCCCCCN(C(=O)c2cccs2)[C@H]2C[C@H](c3nc(-c4cnccn4)no3)C[C@@H]12. The van der Waals surface area contributed by atoms with Crippen LogP contribution in [0.1, 0.15) is 60.0 Å². The molecule has 3 aromatic heterocycles. The summed E-state index contributed by atoms with van der Waals surface area (Å²) in [6, 6.07) is 3.53. The number of fused-ring (bicyclic) bond motifs is 1. The number of thiophene rings is 1. The highest BCUT2D eigenvalue weighted by atomic mass is 32.1. The first kappa shape index (κ1) is 21.7. The maximum atomic E-state index is 13.4. The van der Waals surface area contributed by atoms with Crippen molar-refractivity contribution in [1.29, 1.82) is 0 Å². The van der Waals surface area contributed by atoms with Crippen LogP contribution < -0.4 is 5.32 Å². The van der Waals surface area contributed by atoms with Gasteiger partial charge in [-0.2, -0.15) is 4.98 Å². The van der Waals surface area contributed by atoms with Crippen LogP contribution in [-0.2, 0) is 4.79 Å². The van der Waals surface area contributed by atoms with Crippen molar-refractivity contribution in [2.75, 3.05) is 13.1 Å². The lowest BCUT2D eigenvalue weighted by Crippen LogP contribution is -2.47. The number of hydrogen-bond acceptors (Lipinski definition) is 8. The van der Waals surface area contributed by atoms with Crippen molar-refractivity contribution in [1.82, 2.24) is 30.3 Å². The van der Waals surface area contributed by atoms with Gasteiger partial charge in [-0.25, -0.2) is 4.98 Å². The number of aromatic nitrogens is 4. The Bertz CT molecular complexity index is 1090. The van der Waals surface area contributed by atoms with E-state index in [4.69, 9.17) is 4.52 Å². The average molecular weight is 467 g/mol. The van der Waals surface area contributed by atoms with Crippen LogP contribution >= 0.6 is 11.3 Å². The molecule has 3 atom stereocenters. The predicted molar refractivity (Wildman–Crippen MR) is 121 cm³/mol. The van der Waals surface area contributed by atoms with Gasteiger partial charge in [-0.15, -0.1) is 11.3 Å². The molecule has 9 nitrogen and oxygen atoms in total. The second-order valence-electron chi connectivity index (χ2n) is 8.57. The summed E-state index contributed by atoms with van der Waals surface area (Å²) in [6.07, 6.45) is 9.89. The third kappa shape index (κ3) is 4.66. The molecule has 3 aromatic rings. The molecule has 1 saturated heterocycles. The van der Waals surface area contributed by atoms with E-state index in [0.717, 1.165) is 25.7 Å². The fraction of sp³-hybridized carbons (Fsp3) is 0.478. The molecule has 172 valence electrons. The Kier molecular flexibility index (Phi) is 6.43. The number of carbonyl (C=O) groups is 2. The van der Waals surface area contributed by atoms with Crippen LogP contribution in [0.15, 0.2) is 40.6 Å². The Labute approximate surface area is 195 Å². The highest BCUT2D eigenvalue weighted by molar-refractivity contribution is 7.12. The van der Waals surface area contributed by atoms with Gasteiger partial charge in [0.25, 0.3) is 5.91 Å². The fourth-order valence-electron chi connectivity index (χ4n) is 4.83. The molecule has 1 aliphatic carbocycles. The number of rotatable bonds is 3. The average Bonchev–Trinajstić information content (AvgIpc) is 3.60. The first-order valence-electron chi connectivity index (χ1n) is 11.4. The fourth-order valence-corrected chi connectivity index (χ4v) is 5.51. The summed E-state index contributed by atoms with van der Waals surface area (Å²) in [5.41, 5.74) is 0.535. The van der Waals surface area contributed by atoms with E-state index in [1.807, 2.05) is 22.4 Å². The molecule has 0 aromatic carbocycles. The molecule has 2 amide bonds. The molecule has 0 radical (unpaired) electrons. The maximum Gasteiger partial charge on any atom is 0.264 e. The van der Waals surface area contributed by atoms with Crippen LogP contribution in [0.2, 0.25) is 0 Å². The van der Waals surface area contributed by atoms with E-state index < -0.39 is 0 Å². The minimum Gasteiger partial charge on any atom is -0.356 e. The van der Waals surface area contributed by atoms with Crippen molar-refractivity contribution in [3.8, 4) is 11.5 Å². The van der Waals surface area contributed by atoms with Crippen LogP contribution in [0.4, 0.5) is 0 Å². The predicted octanol–water partition coefficient (Wildman–Crippen LogP) is 3.28. The summed E-state index contributed by atoms with van der Waals surface area (Å²) < 4.78 is 5.58. The molecule has 1 aliphatic heterocycles. The monoisotopic (exact) mass is 466 g/mol. The Balaban J connectivity index is 1.43. The Morgan fingerprint density at radius 2 is 2.09 bits per heavy atom. The zero-order chi connectivity index (χ0) is 22.6. The van der Waals surface area contributed by atoms with Gasteiger partial charge in [0.15, 0.2) is 0 Å². The zero-order valence-corrected chi connectivity index (χ0v) is 19.0. The van der Waals surface area contributed by atoms with Crippen molar-refractivity contribution in [2.24, 2.45) is 5.92 Å². The summed E-state index contributed by atoms with van der Waals surface area (Å²) in [5, 5.41) is 9.07. The molecule has 5 rings (SSSR count). The van der Waals surface area contributed by atoms with E-state index in [1.54, 1.807) is 18.6 Å². The molecular weight excluding hydrogens is 440 g/mol. The summed E-state index contributed by atoms with van der Waals surface area (Å²) in [7, 11) is 0. The van der Waals surface area contributed by atoms with Gasteiger partial charge in [-0.1, -0.05) is 24.1 Å². The molecule has 4 heterocycles. The number of hydrogen-bond donors (Lipinski definition) is 1. The molecule has 0 spiro atoms. The normalized spacial score (nSPS) is 24.1. The van der Waals surface area contributed by atoms with Crippen LogP contribution in [0.3, 0.4) is 0 Å². The van der Waals surface area contributed by atoms with Crippen molar-refractivity contribution in [3.05, 3.63) is 46.9 Å². The van der Waals surface area contributed by atoms with Gasteiger partial charge in [-0.05, 0) is 37.1 Å². The Hall–Kier alpha value is -3.14. The molecule has 10 heteroatoms. The summed E-state index contributed by atoms with van der Waals surface area (Å²) >= 11 is 1.44. The topological polar surface area (TPSA) is 114 Å². The Morgan fingerprint density at radius 1 is 1.18 bits per heavy atom. The quantitative estimate of drug-likeness (QED) is 0.630. The van der Waals surface area contributed by atoms with Gasteiger partial charge in [-0.3, -0.25) is 14.6 Å². The standard InChI is InChI=1S/C23H26N6O3S/c30-21-16-12-15(22-27-20(28-32-22)17-14-24-8-9-25-17)13-18(16)29(10-4-2-1-3-7-26-21)23(31)19-6-5-11-33-19/h5-6,8-9,11,14-16,18H,1-4,7,10,12-13H2,(H,26,30)/t15-,16-,18+/m1/s1. The smallest absolute Gasteiger partial charge is 0.264 e. The van der Waals surface area contributed by atoms with Crippen molar-refractivity contribution < 1.29 is 14.1 Å². The zero-order valence-electron chi connectivity index (χ0n) is 18.2. The second-order valence-corrected chi connectivity index (χ2v) is 9.52. The molecule has 2 fully saturated rings. The van der Waals surface area contributed by atoms with Crippen LogP contribution in [-0.4, -0.2) is 56.0 Å². The first-order valence-corrected chi connectivity index (χ1v) is 12.3. The highest BCUT2D eigenvalue weighted by Gasteiger charge is 2.45. The third-order valence-electron chi connectivity index (χ3n) is 6.47. The molecular formula is C23H26N6O3S. The van der Waals surface area contributed by atoms with Crippen molar-refractivity contribution in [2.45, 2.75) is 50.5 Å². The van der Waals surface area contributed by atoms with Gasteiger partial charge >= 0.3 is 0 Å². The van der Waals surface area contributed by atoms with E-state index in [9.17, 15) is 9.59 Å². The first-order chi connectivity index (χ1) is 16.2. The van der Waals surface area contributed by atoms with E-state index in [2.05, 4.69) is 25.4 Å². The van der Waals surface area contributed by atoms with Gasteiger partial charge in [0.05, 0.1) is 17.0 Å². The van der Waals surface area contributed by atoms with Gasteiger partial charge in [0.1, 0.15) is 5.69 Å². The molecule has 1 saturated carbocycles. The molecule has 2 aliphatic rings. The second kappa shape index (κ2) is 9.78. The minimum absolute atomic E-state index is 0.00141. The number of nitrogens with one attached hydrogen (secondary N) is 1. The lowest BCUT2D eigenvalue weighted by atomic mass is 10.00. The van der Waals surface area contributed by atoms with Crippen LogP contribution in [0.25, 0.3) is 11.5 Å². The van der Waals surface area contributed by atoms with E-state index in [0.29, 0.717) is 48.2 Å². The van der Waals surface area contributed by atoms with Crippen LogP contribution in [0, 0.1) is 5.92 Å². The lowest BCUT2D eigenvalue weighted by Gasteiger charge is -2.32. The minimum atomic E-state index is -0.316. The molecule has 1 N–H and O–H groups in total. The lowest BCUT2D eigenvalue weighted by molar-refractivity contribution is -0.126. The largest absolute Gasteiger partial charge is 0.356 e. The summed E-state index contributed by atoms with van der Waals surface area (Å²) in [6.45, 7) is 1.32. The van der Waals surface area contributed by atoms with Crippen LogP contribution in [0.5, 0.6) is 0 Å². The summed E-state index contributed by atoms with van der Waals surface area (Å²) in [5.74, 6) is 0.435. The number of amides is 2. The third-order valence-corrected chi connectivity index (χ3v) is 7.32. The van der Waals surface area contributed by atoms with Crippen molar-refractivity contribution >= 4 is 23.2 Å². The van der Waals surface area contributed by atoms with E-state index >= 15 is 0 Å². The summed E-state index contributed by atoms with van der Waals surface area (Å²) in [4.78, 5) is 42.0. The van der Waals surface area contributed by atoms with E-state index in [-0.39, 0.29) is 29.7 Å². The van der Waals surface area contributed by atoms with E-state index in [1.165, 1.54) is 11.3 Å². The van der Waals surface area contributed by atoms with Crippen molar-refractivity contribution in [3.63, 3.8) is 0 Å². The number of nitrogens with zero attached hydrogens (tertiary/aromatic N) is 5. The molecule has 0 bridgehead atoms. The van der Waals surface area contributed by atoms with Gasteiger partial charge in [0.2, 0.25) is 17.6 Å². The molecule has 0 unspecified atom stereocenters. The highest BCUT2D eigenvalue weighted by Crippen LogP contribution is 2.42. The Morgan fingerprint density at radius 3 is 2.91 bits per heavy atom.